The Balaban J connectivity index is 1.26. The number of piperidine rings is 1. The Morgan fingerprint density at radius 1 is 1.11 bits per heavy atom. The third kappa shape index (κ3) is 4.68. The fourth-order valence-electron chi connectivity index (χ4n) is 5.10. The van der Waals surface area contributed by atoms with Crippen LogP contribution >= 0.6 is 0 Å². The predicted molar refractivity (Wildman–Crippen MR) is 138 cm³/mol. The van der Waals surface area contributed by atoms with Crippen LogP contribution in [0.2, 0.25) is 0 Å². The number of imidazole rings is 1. The van der Waals surface area contributed by atoms with Gasteiger partial charge in [0.25, 0.3) is 5.56 Å². The summed E-state index contributed by atoms with van der Waals surface area (Å²) in [5.41, 5.74) is 2.72. The van der Waals surface area contributed by atoms with Gasteiger partial charge in [0.2, 0.25) is 5.91 Å². The normalized spacial score (nSPS) is 18.9. The smallest absolute Gasteiger partial charge is 0.281 e. The number of aliphatic hydroxyl groups is 1. The molecule has 3 heterocycles. The van der Waals surface area contributed by atoms with Crippen molar-refractivity contribution in [1.82, 2.24) is 24.0 Å². The van der Waals surface area contributed by atoms with Gasteiger partial charge < -0.3 is 14.6 Å². The molecule has 0 spiro atoms. The number of carbonyl (C=O) groups excluding carboxylic acids is 1. The monoisotopic (exact) mass is 485 g/mol. The van der Waals surface area contributed by atoms with Crippen LogP contribution in [0.25, 0.3) is 22.6 Å². The number of nitrogens with zero attached hydrogens (tertiary/aromatic N) is 5. The lowest BCUT2D eigenvalue weighted by Crippen LogP contribution is -2.47. The van der Waals surface area contributed by atoms with Crippen molar-refractivity contribution in [3.8, 4) is 11.4 Å². The van der Waals surface area contributed by atoms with E-state index in [2.05, 4.69) is 9.97 Å². The Labute approximate surface area is 209 Å². The molecule has 4 aromatic rings. The van der Waals surface area contributed by atoms with Crippen molar-refractivity contribution < 1.29 is 9.90 Å². The minimum atomic E-state index is -0.855. The van der Waals surface area contributed by atoms with Crippen molar-refractivity contribution >= 4 is 17.1 Å². The van der Waals surface area contributed by atoms with Crippen LogP contribution in [0.4, 0.5) is 0 Å². The number of aromatic nitrogens is 4. The Morgan fingerprint density at radius 2 is 1.81 bits per heavy atom. The second-order valence-electron chi connectivity index (χ2n) is 9.71. The quantitative estimate of drug-likeness (QED) is 0.451. The molecule has 1 aliphatic heterocycles. The summed E-state index contributed by atoms with van der Waals surface area (Å²) < 4.78 is 3.41. The van der Waals surface area contributed by atoms with Gasteiger partial charge in [-0.1, -0.05) is 67.6 Å². The van der Waals surface area contributed by atoms with E-state index in [4.69, 9.17) is 0 Å². The minimum Gasteiger partial charge on any atom is -0.374 e. The van der Waals surface area contributed by atoms with Gasteiger partial charge in [-0.25, -0.2) is 9.97 Å². The number of fused-ring (bicyclic) bond motifs is 1. The van der Waals surface area contributed by atoms with Crippen molar-refractivity contribution in [1.29, 1.82) is 0 Å². The Morgan fingerprint density at radius 3 is 2.50 bits per heavy atom. The van der Waals surface area contributed by atoms with Crippen LogP contribution in [0.5, 0.6) is 0 Å². The molecule has 0 bridgehead atoms. The van der Waals surface area contributed by atoms with E-state index in [-0.39, 0.29) is 23.3 Å². The number of rotatable bonds is 6. The summed E-state index contributed by atoms with van der Waals surface area (Å²) in [5, 5.41) is 10.8. The summed E-state index contributed by atoms with van der Waals surface area (Å²) in [6.07, 6.45) is 2.20. The highest BCUT2D eigenvalue weighted by molar-refractivity contribution is 5.77. The molecule has 5 rings (SSSR count). The Bertz CT molecular complexity index is 1410. The zero-order valence-electron chi connectivity index (χ0n) is 20.6. The molecule has 1 aliphatic rings. The summed E-state index contributed by atoms with van der Waals surface area (Å²) >= 11 is 0. The maximum atomic E-state index is 13.2. The van der Waals surface area contributed by atoms with Crippen molar-refractivity contribution in [3.05, 3.63) is 82.9 Å². The van der Waals surface area contributed by atoms with Gasteiger partial charge in [-0.3, -0.25) is 14.2 Å². The molecule has 1 fully saturated rings. The van der Waals surface area contributed by atoms with E-state index in [1.54, 1.807) is 15.8 Å². The fraction of sp³-hybridized carbons (Fsp3) is 0.357. The van der Waals surface area contributed by atoms with Gasteiger partial charge in [-0.15, -0.1) is 0 Å². The summed E-state index contributed by atoms with van der Waals surface area (Å²) in [7, 11) is 1.86. The molecule has 2 aromatic carbocycles. The van der Waals surface area contributed by atoms with Crippen LogP contribution in [0.3, 0.4) is 0 Å². The number of aliphatic hydroxyl groups excluding tert-OH is 1. The third-order valence-electron chi connectivity index (χ3n) is 7.19. The van der Waals surface area contributed by atoms with Gasteiger partial charge in [0.15, 0.2) is 11.2 Å². The maximum absolute atomic E-state index is 13.2. The topological polar surface area (TPSA) is 93.3 Å². The first kappa shape index (κ1) is 23.9. The number of benzene rings is 2. The molecular formula is C28H31N5O3. The molecule has 0 saturated carbocycles. The molecule has 0 aliphatic carbocycles. The van der Waals surface area contributed by atoms with Gasteiger partial charge in [0.1, 0.15) is 18.4 Å². The Kier molecular flexibility index (Phi) is 6.69. The molecule has 186 valence electrons. The SMILES string of the molecule is CC(CC(=O)N1CCC(Cn2cnc3c(nc(-c4ccccc4)n3C)c2=O)C[C@H]1O)c1ccccc1. The van der Waals surface area contributed by atoms with E-state index >= 15 is 0 Å². The summed E-state index contributed by atoms with van der Waals surface area (Å²) in [6, 6.07) is 19.7. The van der Waals surface area contributed by atoms with E-state index in [0.717, 1.165) is 11.1 Å². The van der Waals surface area contributed by atoms with Crippen molar-refractivity contribution in [3.63, 3.8) is 0 Å². The molecule has 0 radical (unpaired) electrons. The van der Waals surface area contributed by atoms with Crippen LogP contribution in [0.15, 0.2) is 71.8 Å². The average molecular weight is 486 g/mol. The van der Waals surface area contributed by atoms with Crippen LogP contribution in [-0.4, -0.2) is 47.8 Å². The van der Waals surface area contributed by atoms with Crippen LogP contribution in [-0.2, 0) is 18.4 Å². The molecule has 36 heavy (non-hydrogen) atoms. The van der Waals surface area contributed by atoms with E-state index in [1.807, 2.05) is 79.2 Å². The Hall–Kier alpha value is -3.78. The standard InChI is InChI=1S/C28H31N5O3/c1-19(21-9-5-3-6-10-21)15-23(34)33-14-13-20(16-24(33)35)17-32-18-29-27-25(28(32)36)30-26(31(27)2)22-11-7-4-8-12-22/h3-12,18-20,24,35H,13-17H2,1-2H3/t19?,20?,24-/m1/s1. The molecule has 2 aromatic heterocycles. The number of likely N-dealkylation sites (tertiary alicyclic amines) is 1. The zero-order valence-corrected chi connectivity index (χ0v) is 20.6. The lowest BCUT2D eigenvalue weighted by atomic mass is 9.93. The lowest BCUT2D eigenvalue weighted by molar-refractivity contribution is -0.146. The largest absolute Gasteiger partial charge is 0.374 e. The highest BCUT2D eigenvalue weighted by atomic mass is 16.3. The molecular weight excluding hydrogens is 454 g/mol. The van der Waals surface area contributed by atoms with E-state index in [0.29, 0.717) is 49.3 Å². The second-order valence-corrected chi connectivity index (χ2v) is 9.71. The maximum Gasteiger partial charge on any atom is 0.281 e. The molecule has 3 atom stereocenters. The third-order valence-corrected chi connectivity index (χ3v) is 7.19. The highest BCUT2D eigenvalue weighted by Crippen LogP contribution is 2.27. The molecule has 2 unspecified atom stereocenters. The molecule has 1 N–H and O–H groups in total. The first-order chi connectivity index (χ1) is 17.4. The van der Waals surface area contributed by atoms with Gasteiger partial charge in [0.05, 0.1) is 0 Å². The zero-order chi connectivity index (χ0) is 25.2. The average Bonchev–Trinajstić information content (AvgIpc) is 3.23. The highest BCUT2D eigenvalue weighted by Gasteiger charge is 2.31. The van der Waals surface area contributed by atoms with E-state index in [9.17, 15) is 14.7 Å². The van der Waals surface area contributed by atoms with Gasteiger partial charge in [-0.2, -0.15) is 0 Å². The van der Waals surface area contributed by atoms with Gasteiger partial charge >= 0.3 is 0 Å². The van der Waals surface area contributed by atoms with E-state index < -0.39 is 6.23 Å². The number of aryl methyl sites for hydroxylation is 1. The lowest BCUT2D eigenvalue weighted by Gasteiger charge is -2.37. The number of hydrogen-bond acceptors (Lipinski definition) is 5. The van der Waals surface area contributed by atoms with E-state index in [1.165, 1.54) is 0 Å². The summed E-state index contributed by atoms with van der Waals surface area (Å²) in [4.78, 5) is 36.8. The molecule has 1 saturated heterocycles. The van der Waals surface area contributed by atoms with Crippen molar-refractivity contribution in [2.45, 2.75) is 44.9 Å². The van der Waals surface area contributed by atoms with Crippen molar-refractivity contribution in [2.24, 2.45) is 13.0 Å². The van der Waals surface area contributed by atoms with Crippen LogP contribution < -0.4 is 5.56 Å². The first-order valence-corrected chi connectivity index (χ1v) is 12.4. The van der Waals surface area contributed by atoms with Crippen LogP contribution in [0.1, 0.15) is 37.7 Å². The summed E-state index contributed by atoms with van der Waals surface area (Å²) in [6.45, 7) is 2.93. The fourth-order valence-corrected chi connectivity index (χ4v) is 5.10. The number of carbonyl (C=O) groups is 1. The van der Waals surface area contributed by atoms with Crippen LogP contribution in [0, 0.1) is 5.92 Å². The second kappa shape index (κ2) is 10.1. The predicted octanol–water partition coefficient (Wildman–Crippen LogP) is 3.55. The molecule has 8 nitrogen and oxygen atoms in total. The first-order valence-electron chi connectivity index (χ1n) is 12.4. The van der Waals surface area contributed by atoms with Gasteiger partial charge in [-0.05, 0) is 30.2 Å². The minimum absolute atomic E-state index is 0.0421. The van der Waals surface area contributed by atoms with Gasteiger partial charge in [0, 0.05) is 32.1 Å². The van der Waals surface area contributed by atoms with Crippen molar-refractivity contribution in [2.75, 3.05) is 6.54 Å². The number of amides is 1. The summed E-state index contributed by atoms with van der Waals surface area (Å²) in [5.74, 6) is 0.795. The molecule has 8 heteroatoms. The number of hydrogen-bond donors (Lipinski definition) is 1. The molecule has 1 amide bonds.